The fraction of sp³-hybridized carbons (Fsp3) is 0.514. The fourth-order valence-corrected chi connectivity index (χ4v) is 5.25. The molecule has 7 heteroatoms. The Kier molecular flexibility index (Phi) is 12.1. The molecule has 230 valence electrons. The molecule has 0 bridgehead atoms. The molecule has 2 aromatic carbocycles. The van der Waals surface area contributed by atoms with E-state index in [0.29, 0.717) is 5.57 Å². The van der Waals surface area contributed by atoms with Gasteiger partial charge >= 0.3 is 5.97 Å². The van der Waals surface area contributed by atoms with E-state index in [4.69, 9.17) is 4.74 Å². The van der Waals surface area contributed by atoms with Crippen molar-refractivity contribution < 1.29 is 19.1 Å². The van der Waals surface area contributed by atoms with E-state index >= 15 is 0 Å². The molecule has 7 nitrogen and oxygen atoms in total. The zero-order valence-corrected chi connectivity index (χ0v) is 27.4. The first kappa shape index (κ1) is 34.7. The van der Waals surface area contributed by atoms with Gasteiger partial charge in [-0.3, -0.25) is 9.59 Å². The van der Waals surface area contributed by atoms with Crippen LogP contribution in [0.4, 0.5) is 0 Å². The SMILES string of the molecule is CCOC(=O)/C(C)=C/[C@H](C(C)C)N(C)C(=O)[C@@H](NC(=O)[C@@H](NC)C(C)(C)c1ccc(-c2ccccc2)cc1)C(C)(C)C. The van der Waals surface area contributed by atoms with E-state index in [-0.39, 0.29) is 30.4 Å². The molecule has 0 spiro atoms. The monoisotopic (exact) mass is 577 g/mol. The molecule has 0 heterocycles. The molecule has 2 aromatic rings. The van der Waals surface area contributed by atoms with Gasteiger partial charge in [0.2, 0.25) is 11.8 Å². The van der Waals surface area contributed by atoms with Crippen molar-refractivity contribution in [3.63, 3.8) is 0 Å². The summed E-state index contributed by atoms with van der Waals surface area (Å²) in [5.74, 6) is -0.846. The number of hydrogen-bond acceptors (Lipinski definition) is 5. The van der Waals surface area contributed by atoms with Gasteiger partial charge in [-0.05, 0) is 48.9 Å². The highest BCUT2D eigenvalue weighted by atomic mass is 16.5. The average molecular weight is 578 g/mol. The number of amides is 2. The van der Waals surface area contributed by atoms with Crippen molar-refractivity contribution >= 4 is 17.8 Å². The van der Waals surface area contributed by atoms with Crippen LogP contribution in [-0.4, -0.2) is 61.5 Å². The van der Waals surface area contributed by atoms with Crippen molar-refractivity contribution in [2.24, 2.45) is 11.3 Å². The first-order chi connectivity index (χ1) is 19.6. The maximum atomic E-state index is 14.0. The summed E-state index contributed by atoms with van der Waals surface area (Å²) in [6.45, 7) is 17.6. The number of rotatable bonds is 12. The van der Waals surface area contributed by atoms with Crippen molar-refractivity contribution in [2.45, 2.75) is 85.9 Å². The van der Waals surface area contributed by atoms with E-state index in [1.165, 1.54) is 0 Å². The highest BCUT2D eigenvalue weighted by Crippen LogP contribution is 2.31. The van der Waals surface area contributed by atoms with Gasteiger partial charge in [0.15, 0.2) is 0 Å². The maximum Gasteiger partial charge on any atom is 0.333 e. The molecule has 2 rings (SSSR count). The number of likely N-dealkylation sites (N-methyl/N-ethyl adjacent to an activating group) is 2. The van der Waals surface area contributed by atoms with Crippen LogP contribution in [0, 0.1) is 11.3 Å². The fourth-order valence-electron chi connectivity index (χ4n) is 5.25. The van der Waals surface area contributed by atoms with Gasteiger partial charge in [-0.15, -0.1) is 0 Å². The molecule has 0 aliphatic rings. The van der Waals surface area contributed by atoms with Crippen molar-refractivity contribution in [3.8, 4) is 11.1 Å². The first-order valence-electron chi connectivity index (χ1n) is 14.8. The van der Waals surface area contributed by atoms with Crippen LogP contribution in [0.1, 0.15) is 67.9 Å². The second-order valence-corrected chi connectivity index (χ2v) is 12.9. The number of carbonyl (C=O) groups is 3. The topological polar surface area (TPSA) is 87.7 Å². The lowest BCUT2D eigenvalue weighted by Crippen LogP contribution is -2.61. The lowest BCUT2D eigenvalue weighted by molar-refractivity contribution is -0.141. The highest BCUT2D eigenvalue weighted by Gasteiger charge is 2.41. The lowest BCUT2D eigenvalue weighted by Gasteiger charge is -2.40. The van der Waals surface area contributed by atoms with E-state index in [0.717, 1.165) is 16.7 Å². The molecule has 0 radical (unpaired) electrons. The number of hydrogen-bond donors (Lipinski definition) is 2. The van der Waals surface area contributed by atoms with Gasteiger partial charge in [-0.1, -0.05) is 109 Å². The zero-order chi connectivity index (χ0) is 31.8. The number of esters is 1. The summed E-state index contributed by atoms with van der Waals surface area (Å²) >= 11 is 0. The number of nitrogens with one attached hydrogen (secondary N) is 2. The summed E-state index contributed by atoms with van der Waals surface area (Å²) in [5, 5.41) is 6.29. The van der Waals surface area contributed by atoms with Gasteiger partial charge in [0, 0.05) is 18.0 Å². The zero-order valence-electron chi connectivity index (χ0n) is 27.4. The second-order valence-electron chi connectivity index (χ2n) is 12.9. The maximum absolute atomic E-state index is 14.0. The predicted molar refractivity (Wildman–Crippen MR) is 171 cm³/mol. The highest BCUT2D eigenvalue weighted by molar-refractivity contribution is 5.92. The molecular formula is C35H51N3O4. The van der Waals surface area contributed by atoms with Crippen LogP contribution in [0.2, 0.25) is 0 Å². The van der Waals surface area contributed by atoms with Crippen molar-refractivity contribution in [3.05, 3.63) is 71.8 Å². The first-order valence-corrected chi connectivity index (χ1v) is 14.8. The molecule has 0 unspecified atom stereocenters. The van der Waals surface area contributed by atoms with E-state index < -0.39 is 28.9 Å². The molecule has 0 aromatic heterocycles. The molecule has 3 atom stereocenters. The molecule has 2 amide bonds. The normalized spacial score (nSPS) is 14.6. The Bertz CT molecular complexity index is 1230. The summed E-state index contributed by atoms with van der Waals surface area (Å²) in [4.78, 5) is 41.8. The minimum atomic E-state index is -0.792. The number of ether oxygens (including phenoxy) is 1. The standard InChI is InChI=1S/C35H51N3O4/c1-12-42-33(41)24(4)22-28(23(2)3)38(11)32(40)30(34(5,6)7)37-31(39)29(36-10)35(8,9)27-20-18-26(19-21-27)25-16-14-13-15-17-25/h13-23,28-30,36H,12H2,1-11H3,(H,37,39)/b24-22+/t28-,29-,30-/m1/s1. The Morgan fingerprint density at radius 1 is 0.905 bits per heavy atom. The number of nitrogens with zero attached hydrogens (tertiary/aromatic N) is 1. The summed E-state index contributed by atoms with van der Waals surface area (Å²) in [6, 6.07) is 16.7. The molecule has 0 saturated carbocycles. The molecule has 42 heavy (non-hydrogen) atoms. The summed E-state index contributed by atoms with van der Waals surface area (Å²) in [5.41, 5.74) is 2.54. The quantitative estimate of drug-likeness (QED) is 0.248. The van der Waals surface area contributed by atoms with Crippen molar-refractivity contribution in [1.82, 2.24) is 15.5 Å². The van der Waals surface area contributed by atoms with Gasteiger partial charge in [0.25, 0.3) is 0 Å². The third-order valence-corrected chi connectivity index (χ3v) is 7.90. The Morgan fingerprint density at radius 3 is 1.93 bits per heavy atom. The summed E-state index contributed by atoms with van der Waals surface area (Å²) < 4.78 is 5.14. The van der Waals surface area contributed by atoms with Crippen LogP contribution in [0.5, 0.6) is 0 Å². The van der Waals surface area contributed by atoms with E-state index in [1.807, 2.05) is 66.7 Å². The predicted octanol–water partition coefficient (Wildman–Crippen LogP) is 5.74. The van der Waals surface area contributed by atoms with Gasteiger partial charge in [-0.25, -0.2) is 4.79 Å². The molecule has 0 fully saturated rings. The smallest absolute Gasteiger partial charge is 0.333 e. The molecular weight excluding hydrogens is 526 g/mol. The largest absolute Gasteiger partial charge is 0.463 e. The third kappa shape index (κ3) is 8.54. The van der Waals surface area contributed by atoms with Crippen LogP contribution >= 0.6 is 0 Å². The van der Waals surface area contributed by atoms with Gasteiger partial charge < -0.3 is 20.3 Å². The Labute approximate surface area is 253 Å². The summed E-state index contributed by atoms with van der Waals surface area (Å²) in [7, 11) is 3.49. The minimum absolute atomic E-state index is 0.0301. The van der Waals surface area contributed by atoms with Crippen LogP contribution in [-0.2, 0) is 24.5 Å². The lowest BCUT2D eigenvalue weighted by atomic mass is 9.76. The molecule has 0 saturated heterocycles. The van der Waals surface area contributed by atoms with Crippen LogP contribution in [0.25, 0.3) is 11.1 Å². The second kappa shape index (κ2) is 14.6. The third-order valence-electron chi connectivity index (χ3n) is 7.90. The van der Waals surface area contributed by atoms with Gasteiger partial charge in [0.1, 0.15) is 6.04 Å². The van der Waals surface area contributed by atoms with Crippen LogP contribution in [0.3, 0.4) is 0 Å². The Hall–Kier alpha value is -3.45. The van der Waals surface area contributed by atoms with E-state index in [9.17, 15) is 14.4 Å². The van der Waals surface area contributed by atoms with Gasteiger partial charge in [-0.2, -0.15) is 0 Å². The average Bonchev–Trinajstić information content (AvgIpc) is 2.93. The summed E-state index contributed by atoms with van der Waals surface area (Å²) in [6.07, 6.45) is 1.78. The number of benzene rings is 2. The van der Waals surface area contributed by atoms with Crippen LogP contribution in [0.15, 0.2) is 66.2 Å². The van der Waals surface area contributed by atoms with Gasteiger partial charge in [0.05, 0.1) is 18.7 Å². The Balaban J connectivity index is 2.34. The molecule has 2 N–H and O–H groups in total. The van der Waals surface area contributed by atoms with Crippen molar-refractivity contribution in [1.29, 1.82) is 0 Å². The van der Waals surface area contributed by atoms with Crippen LogP contribution < -0.4 is 10.6 Å². The van der Waals surface area contributed by atoms with E-state index in [1.54, 1.807) is 38.9 Å². The van der Waals surface area contributed by atoms with Crippen molar-refractivity contribution in [2.75, 3.05) is 20.7 Å². The molecule has 0 aliphatic heterocycles. The molecule has 0 aliphatic carbocycles. The minimum Gasteiger partial charge on any atom is -0.463 e. The Morgan fingerprint density at radius 2 is 1.45 bits per heavy atom. The van der Waals surface area contributed by atoms with E-state index in [2.05, 4.69) is 47.0 Å². The number of carbonyl (C=O) groups excluding carboxylic acids is 3.